The molecule has 0 fully saturated rings. The van der Waals surface area contributed by atoms with Gasteiger partial charge >= 0.3 is 0 Å². The Balaban J connectivity index is 1.38. The molecule has 0 spiro atoms. The second-order valence-electron chi connectivity index (χ2n) is 7.02. The fraction of sp³-hybridized carbons (Fsp3) is 0.0769. The van der Waals surface area contributed by atoms with Gasteiger partial charge < -0.3 is 4.74 Å². The van der Waals surface area contributed by atoms with Gasteiger partial charge in [0, 0.05) is 12.4 Å². The van der Waals surface area contributed by atoms with Crippen LogP contribution < -0.4 is 4.74 Å². The van der Waals surface area contributed by atoms with Gasteiger partial charge in [-0.15, -0.1) is 0 Å². The number of hydrogen-bond acceptors (Lipinski definition) is 5. The highest BCUT2D eigenvalue weighted by molar-refractivity contribution is 5.81. The zero-order chi connectivity index (χ0) is 21.5. The van der Waals surface area contributed by atoms with Gasteiger partial charge in [-0.05, 0) is 85.6 Å². The van der Waals surface area contributed by atoms with Gasteiger partial charge in [-0.1, -0.05) is 12.1 Å². The molecule has 152 valence electrons. The highest BCUT2D eigenvalue weighted by Crippen LogP contribution is 2.26. The Labute approximate surface area is 181 Å². The van der Waals surface area contributed by atoms with Crippen LogP contribution in [-0.4, -0.2) is 22.4 Å². The minimum atomic E-state index is 0.744. The van der Waals surface area contributed by atoms with E-state index in [0.29, 0.717) is 0 Å². The summed E-state index contributed by atoms with van der Waals surface area (Å²) in [5, 5.41) is 0. The van der Waals surface area contributed by atoms with E-state index in [1.165, 1.54) is 0 Å². The van der Waals surface area contributed by atoms with Gasteiger partial charge in [0.2, 0.25) is 0 Å². The summed E-state index contributed by atoms with van der Waals surface area (Å²) in [5.74, 6) is 1.49. The van der Waals surface area contributed by atoms with E-state index in [9.17, 15) is 0 Å². The van der Waals surface area contributed by atoms with E-state index in [4.69, 9.17) is 4.74 Å². The second kappa shape index (κ2) is 9.59. The fourth-order valence-corrected chi connectivity index (χ4v) is 2.87. The lowest BCUT2D eigenvalue weighted by Gasteiger charge is -2.06. The number of ether oxygens (including phenoxy) is 1. The zero-order valence-corrected chi connectivity index (χ0v) is 17.4. The first-order chi connectivity index (χ1) is 15.2. The van der Waals surface area contributed by atoms with Gasteiger partial charge in [-0.3, -0.25) is 20.0 Å². The van der Waals surface area contributed by atoms with Gasteiger partial charge in [-0.2, -0.15) is 0 Å². The Morgan fingerprint density at radius 3 is 1.42 bits per heavy atom. The average molecular weight is 406 g/mol. The number of nitrogens with zero attached hydrogens (tertiary/aromatic N) is 4. The molecule has 0 aliphatic heterocycles. The van der Waals surface area contributed by atoms with Crippen LogP contribution in [0.25, 0.3) is 0 Å². The number of benzene rings is 2. The van der Waals surface area contributed by atoms with Gasteiger partial charge in [0.15, 0.2) is 0 Å². The maximum Gasteiger partial charge on any atom is 0.127 e. The van der Waals surface area contributed by atoms with Crippen LogP contribution in [0.15, 0.2) is 95.2 Å². The Hall–Kier alpha value is -4.12. The minimum absolute atomic E-state index is 0.744. The van der Waals surface area contributed by atoms with Crippen LogP contribution in [0.2, 0.25) is 0 Å². The first-order valence-corrected chi connectivity index (χ1v) is 9.97. The third-order valence-corrected chi connectivity index (χ3v) is 4.68. The third-order valence-electron chi connectivity index (χ3n) is 4.68. The summed E-state index contributed by atoms with van der Waals surface area (Å²) in [6, 6.07) is 23.1. The topological polar surface area (TPSA) is 59.7 Å². The molecule has 0 aliphatic carbocycles. The van der Waals surface area contributed by atoms with E-state index < -0.39 is 0 Å². The van der Waals surface area contributed by atoms with Crippen molar-refractivity contribution < 1.29 is 4.74 Å². The van der Waals surface area contributed by atoms with Crippen molar-refractivity contribution in [3.63, 3.8) is 0 Å². The molecule has 4 aromatic rings. The van der Waals surface area contributed by atoms with Crippen molar-refractivity contribution in [2.75, 3.05) is 0 Å². The zero-order valence-electron chi connectivity index (χ0n) is 17.4. The highest BCUT2D eigenvalue weighted by Gasteiger charge is 2.00. The van der Waals surface area contributed by atoms with Crippen molar-refractivity contribution in [3.8, 4) is 11.5 Å². The smallest absolute Gasteiger partial charge is 0.127 e. The largest absolute Gasteiger partial charge is 0.457 e. The number of aliphatic imine (C=N–C) groups is 2. The van der Waals surface area contributed by atoms with E-state index in [2.05, 4.69) is 20.0 Å². The monoisotopic (exact) mass is 406 g/mol. The molecule has 0 radical (unpaired) electrons. The van der Waals surface area contributed by atoms with Gasteiger partial charge in [0.25, 0.3) is 0 Å². The van der Waals surface area contributed by atoms with Gasteiger partial charge in [-0.25, -0.2) is 0 Å². The summed E-state index contributed by atoms with van der Waals surface area (Å²) in [7, 11) is 0. The highest BCUT2D eigenvalue weighted by atomic mass is 16.5. The van der Waals surface area contributed by atoms with Crippen molar-refractivity contribution in [2.45, 2.75) is 13.8 Å². The van der Waals surface area contributed by atoms with Crippen molar-refractivity contribution >= 4 is 23.8 Å². The van der Waals surface area contributed by atoms with E-state index in [1.807, 2.05) is 86.6 Å². The summed E-state index contributed by atoms with van der Waals surface area (Å²) in [4.78, 5) is 17.6. The summed E-state index contributed by atoms with van der Waals surface area (Å²) in [5.41, 5.74) is 5.59. The second-order valence-corrected chi connectivity index (χ2v) is 7.02. The van der Waals surface area contributed by atoms with Crippen LogP contribution in [-0.2, 0) is 0 Å². The number of hydrogen-bond donors (Lipinski definition) is 0. The summed E-state index contributed by atoms with van der Waals surface area (Å²) >= 11 is 0. The molecule has 0 unspecified atom stereocenters. The van der Waals surface area contributed by atoms with Crippen LogP contribution >= 0.6 is 0 Å². The standard InChI is InChI=1S/C26H22N4O/c1-19-5-3-15-27-25(19)17-29-21-7-11-23(12-8-21)31-24-13-9-22(10-14-24)30-18-26-20(2)6-4-16-28-26/h3-18H,1-2H3. The summed E-state index contributed by atoms with van der Waals surface area (Å²) in [6.45, 7) is 4.03. The van der Waals surface area contributed by atoms with Gasteiger partial charge in [0.05, 0.1) is 35.2 Å². The van der Waals surface area contributed by atoms with Crippen molar-refractivity contribution in [1.82, 2.24) is 9.97 Å². The molecule has 5 heteroatoms. The van der Waals surface area contributed by atoms with Crippen molar-refractivity contribution in [1.29, 1.82) is 0 Å². The van der Waals surface area contributed by atoms with Crippen LogP contribution in [0.1, 0.15) is 22.5 Å². The van der Waals surface area contributed by atoms with E-state index in [0.717, 1.165) is 45.4 Å². The Morgan fingerprint density at radius 2 is 1.03 bits per heavy atom. The summed E-state index contributed by atoms with van der Waals surface area (Å²) in [6.07, 6.45) is 7.08. The lowest BCUT2D eigenvalue weighted by molar-refractivity contribution is 0.483. The molecule has 0 aliphatic rings. The van der Waals surface area contributed by atoms with E-state index in [1.54, 1.807) is 24.8 Å². The average Bonchev–Trinajstić information content (AvgIpc) is 2.80. The van der Waals surface area contributed by atoms with Crippen molar-refractivity contribution in [2.24, 2.45) is 9.98 Å². The SMILES string of the molecule is Cc1cccnc1C=Nc1ccc(Oc2ccc(N=Cc3ncccc3C)cc2)cc1. The van der Waals surface area contributed by atoms with Crippen LogP contribution in [0.3, 0.4) is 0 Å². The Kier molecular flexibility index (Phi) is 6.24. The van der Waals surface area contributed by atoms with Crippen molar-refractivity contribution in [3.05, 3.63) is 108 Å². The molecule has 0 N–H and O–H groups in total. The van der Waals surface area contributed by atoms with Crippen LogP contribution in [0, 0.1) is 13.8 Å². The lowest BCUT2D eigenvalue weighted by Crippen LogP contribution is -1.90. The quantitative estimate of drug-likeness (QED) is 0.349. The molecule has 4 rings (SSSR count). The molecular weight excluding hydrogens is 384 g/mol. The van der Waals surface area contributed by atoms with Crippen LogP contribution in [0.4, 0.5) is 11.4 Å². The normalized spacial score (nSPS) is 11.3. The molecule has 31 heavy (non-hydrogen) atoms. The Bertz CT molecular complexity index is 1120. The maximum absolute atomic E-state index is 5.92. The number of aromatic nitrogens is 2. The number of rotatable bonds is 6. The molecule has 0 saturated carbocycles. The molecule has 2 heterocycles. The molecule has 0 atom stereocenters. The molecule has 2 aromatic carbocycles. The summed E-state index contributed by atoms with van der Waals surface area (Å²) < 4.78 is 5.92. The molecule has 0 amide bonds. The number of pyridine rings is 2. The molecule has 5 nitrogen and oxygen atoms in total. The minimum Gasteiger partial charge on any atom is -0.457 e. The third kappa shape index (κ3) is 5.48. The molecule has 0 bridgehead atoms. The Morgan fingerprint density at radius 1 is 0.613 bits per heavy atom. The first kappa shape index (κ1) is 20.2. The molecule has 2 aromatic heterocycles. The molecule has 0 saturated heterocycles. The fourth-order valence-electron chi connectivity index (χ4n) is 2.87. The predicted octanol–water partition coefficient (Wildman–Crippen LogP) is 6.39. The maximum atomic E-state index is 5.92. The van der Waals surface area contributed by atoms with Gasteiger partial charge in [0.1, 0.15) is 11.5 Å². The number of aryl methyl sites for hydroxylation is 2. The van der Waals surface area contributed by atoms with E-state index in [-0.39, 0.29) is 0 Å². The first-order valence-electron chi connectivity index (χ1n) is 9.97. The molecular formula is C26H22N4O. The van der Waals surface area contributed by atoms with E-state index >= 15 is 0 Å². The lowest BCUT2D eigenvalue weighted by atomic mass is 10.2. The predicted molar refractivity (Wildman–Crippen MR) is 125 cm³/mol. The van der Waals surface area contributed by atoms with Crippen LogP contribution in [0.5, 0.6) is 11.5 Å².